The Bertz CT molecular complexity index is 2400. The molecule has 0 aliphatic carbocycles. The molecular weight excluding hydrogens is 726 g/mol. The van der Waals surface area contributed by atoms with Crippen LogP contribution in [0.15, 0.2) is 53.9 Å². The van der Waals surface area contributed by atoms with E-state index in [0.717, 1.165) is 40.9 Å². The molecule has 0 aliphatic rings. The fourth-order valence-electron chi connectivity index (χ4n) is 4.20. The van der Waals surface area contributed by atoms with Crippen molar-refractivity contribution < 1.29 is 28.6 Å². The molecule has 4 heterocycles. The second kappa shape index (κ2) is 17.0. The van der Waals surface area contributed by atoms with Crippen molar-refractivity contribution in [3.05, 3.63) is 99.2 Å². The summed E-state index contributed by atoms with van der Waals surface area (Å²) in [7, 11) is 0. The lowest BCUT2D eigenvalue weighted by Crippen LogP contribution is -2.14. The van der Waals surface area contributed by atoms with Crippen LogP contribution in [-0.2, 0) is 9.59 Å². The molecule has 0 bridgehead atoms. The van der Waals surface area contributed by atoms with Crippen LogP contribution in [0.5, 0.6) is 11.5 Å². The molecule has 0 saturated carbocycles. The lowest BCUT2D eigenvalue weighted by Gasteiger charge is -2.05. The minimum atomic E-state index is -0.752. The average Bonchev–Trinajstić information content (AvgIpc) is 3.72. The number of imidazole rings is 2. The van der Waals surface area contributed by atoms with Gasteiger partial charge in [-0.25, -0.2) is 13.8 Å². The number of benzene rings is 2. The predicted octanol–water partition coefficient (Wildman–Crippen LogP) is 7.58. The molecule has 6 rings (SSSR count). The number of hydrogen-bond acceptors (Lipinski definition) is 9. The molecule has 14 nitrogen and oxygen atoms in total. The zero-order chi connectivity index (χ0) is 37.2. The van der Waals surface area contributed by atoms with Gasteiger partial charge in [-0.15, -0.1) is 21.6 Å². The second-order valence-corrected chi connectivity index (χ2v) is 11.8. The Kier molecular flexibility index (Phi) is 12.6. The van der Waals surface area contributed by atoms with Crippen molar-refractivity contribution in [3.8, 4) is 11.5 Å². The molecule has 0 atom stereocenters. The number of aromatic nitrogens is 6. The summed E-state index contributed by atoms with van der Waals surface area (Å²) in [6, 6.07) is 7.07. The van der Waals surface area contributed by atoms with Gasteiger partial charge in [-0.05, 0) is 50.3 Å². The molecule has 19 heteroatoms. The van der Waals surface area contributed by atoms with Crippen LogP contribution >= 0.6 is 35.6 Å². The Labute approximate surface area is 302 Å². The van der Waals surface area contributed by atoms with Crippen molar-refractivity contribution >= 4 is 92.5 Å². The molecule has 0 spiro atoms. The second-order valence-electron chi connectivity index (χ2n) is 10.2. The van der Waals surface area contributed by atoms with E-state index in [1.165, 1.54) is 30.1 Å². The number of halogens is 3. The van der Waals surface area contributed by atoms with Crippen molar-refractivity contribution in [3.63, 3.8) is 0 Å². The van der Waals surface area contributed by atoms with Gasteiger partial charge in [0.15, 0.2) is 33.1 Å². The van der Waals surface area contributed by atoms with Crippen molar-refractivity contribution in [2.24, 2.45) is 0 Å². The Balaban J connectivity index is 0.000000189. The van der Waals surface area contributed by atoms with Crippen LogP contribution in [0.1, 0.15) is 11.1 Å². The van der Waals surface area contributed by atoms with E-state index in [9.17, 15) is 23.5 Å². The van der Waals surface area contributed by atoms with Crippen LogP contribution in [0, 0.1) is 43.4 Å². The standard InChI is InChI=1S/C16H12FN5O2S.C8H7ClFNO2.C8H6N4S/c1-8-14-11(6-19-15(8)18-2)21-16(22-14)25-7-13(24)20-9-3-4-10(17)12(23)5-9;9-4-8(13)11-5-1-2-6(10)7(12)3-5;1-4-6-5(11-8(13)12-6)3-10-7(4)9-2/h3-6,23H,7H2,1H3,(H,20,24)(H,21,22);1-3,12H,4H2,(H,11,13);3H,1H3,(H2,11,12,13). The van der Waals surface area contributed by atoms with E-state index in [-0.39, 0.29) is 17.5 Å². The molecule has 0 unspecified atom stereocenters. The lowest BCUT2D eigenvalue weighted by molar-refractivity contribution is -0.114. The van der Waals surface area contributed by atoms with Crippen molar-refractivity contribution in [1.29, 1.82) is 0 Å². The number of rotatable bonds is 6. The zero-order valence-corrected chi connectivity index (χ0v) is 28.8. The van der Waals surface area contributed by atoms with E-state index < -0.39 is 29.0 Å². The van der Waals surface area contributed by atoms with Crippen molar-refractivity contribution in [1.82, 2.24) is 29.9 Å². The van der Waals surface area contributed by atoms with E-state index in [2.05, 4.69) is 50.2 Å². The number of aromatic hydroxyl groups is 2. The number of carbonyl (C=O) groups excluding carboxylic acids is 2. The SMILES string of the molecule is O=C(CCl)Nc1ccc(F)c(O)c1.[C-]#[N+]c1ncc2[nH]c(=S)[nH]c2c1C.[C-]#[N+]c1ncc2[nH]c(SCC(=O)Nc3ccc(F)c(O)c3)nc2c1C. The van der Waals surface area contributed by atoms with Gasteiger partial charge in [0.1, 0.15) is 29.3 Å². The number of fused-ring (bicyclic) bond motifs is 2. The van der Waals surface area contributed by atoms with Gasteiger partial charge in [-0.3, -0.25) is 9.59 Å². The smallest absolute Gasteiger partial charge is 0.274 e. The summed E-state index contributed by atoms with van der Waals surface area (Å²) in [6.45, 7) is 17.6. The first kappa shape index (κ1) is 37.7. The molecule has 2 aromatic carbocycles. The van der Waals surface area contributed by atoms with E-state index in [4.69, 9.17) is 42.1 Å². The van der Waals surface area contributed by atoms with Crippen LogP contribution in [-0.4, -0.2) is 63.6 Å². The Morgan fingerprint density at radius 1 is 0.882 bits per heavy atom. The third kappa shape index (κ3) is 9.76. The molecule has 4 aromatic heterocycles. The summed E-state index contributed by atoms with van der Waals surface area (Å²) in [6.07, 6.45) is 3.15. The molecule has 2 amide bonds. The maximum Gasteiger partial charge on any atom is 0.274 e. The number of thioether (sulfide) groups is 1. The Hall–Kier alpha value is -6.08. The average molecular weight is 751 g/mol. The molecular formula is C32H25ClF2N10O4S2. The van der Waals surface area contributed by atoms with Crippen LogP contribution in [0.25, 0.3) is 31.8 Å². The molecule has 0 fully saturated rings. The fourth-order valence-corrected chi connectivity index (χ4v) is 5.15. The Morgan fingerprint density at radius 2 is 1.43 bits per heavy atom. The summed E-state index contributed by atoms with van der Waals surface area (Å²) in [5.74, 6) is -2.66. The first-order valence-corrected chi connectivity index (χ1v) is 16.2. The van der Waals surface area contributed by atoms with Gasteiger partial charge in [-0.1, -0.05) is 24.9 Å². The summed E-state index contributed by atoms with van der Waals surface area (Å²) in [4.78, 5) is 50.7. The monoisotopic (exact) mass is 750 g/mol. The number of phenols is 2. The van der Waals surface area contributed by atoms with Gasteiger partial charge in [0.2, 0.25) is 11.8 Å². The highest BCUT2D eigenvalue weighted by molar-refractivity contribution is 7.99. The first-order chi connectivity index (χ1) is 24.3. The third-order valence-corrected chi connectivity index (χ3v) is 7.95. The molecule has 260 valence electrons. The summed E-state index contributed by atoms with van der Waals surface area (Å²) in [5.41, 5.74) is 5.17. The van der Waals surface area contributed by atoms with Crippen LogP contribution < -0.4 is 10.6 Å². The summed E-state index contributed by atoms with van der Waals surface area (Å²) >= 11 is 11.3. The topological polar surface area (TPSA) is 193 Å². The largest absolute Gasteiger partial charge is 0.505 e. The van der Waals surface area contributed by atoms with Gasteiger partial charge in [-0.2, -0.15) is 0 Å². The number of hydrogen-bond donors (Lipinski definition) is 7. The first-order valence-electron chi connectivity index (χ1n) is 14.3. The lowest BCUT2D eigenvalue weighted by atomic mass is 10.2. The van der Waals surface area contributed by atoms with Crippen LogP contribution in [0.4, 0.5) is 31.8 Å². The summed E-state index contributed by atoms with van der Waals surface area (Å²) < 4.78 is 26.1. The van der Waals surface area contributed by atoms with Gasteiger partial charge in [0, 0.05) is 34.6 Å². The summed E-state index contributed by atoms with van der Waals surface area (Å²) in [5, 5.41) is 23.7. The molecule has 0 aliphatic heterocycles. The van der Waals surface area contributed by atoms with E-state index in [1.807, 2.05) is 6.92 Å². The molecule has 7 N–H and O–H groups in total. The number of pyridine rings is 2. The molecule has 6 aromatic rings. The normalized spacial score (nSPS) is 10.3. The highest BCUT2D eigenvalue weighted by Crippen LogP contribution is 2.27. The quantitative estimate of drug-likeness (QED) is 0.0389. The number of H-pyrrole nitrogens is 3. The minimum absolute atomic E-state index is 0.0696. The van der Waals surface area contributed by atoms with E-state index in [1.54, 1.807) is 13.1 Å². The van der Waals surface area contributed by atoms with Crippen molar-refractivity contribution in [2.45, 2.75) is 19.0 Å². The minimum Gasteiger partial charge on any atom is -0.505 e. The van der Waals surface area contributed by atoms with Crippen molar-refractivity contribution in [2.75, 3.05) is 22.3 Å². The number of aromatic amines is 3. The number of nitrogens with one attached hydrogen (secondary N) is 5. The Morgan fingerprint density at radius 3 is 1.98 bits per heavy atom. The van der Waals surface area contributed by atoms with Gasteiger partial charge in [0.25, 0.3) is 11.6 Å². The third-order valence-electron chi connectivity index (χ3n) is 6.63. The van der Waals surface area contributed by atoms with E-state index in [0.29, 0.717) is 49.5 Å². The zero-order valence-electron chi connectivity index (χ0n) is 26.4. The van der Waals surface area contributed by atoms with Gasteiger partial charge >= 0.3 is 0 Å². The highest BCUT2D eigenvalue weighted by Gasteiger charge is 2.13. The number of phenolic OH excluding ortho intramolecular Hbond substituents is 2. The van der Waals surface area contributed by atoms with Crippen LogP contribution in [0.2, 0.25) is 0 Å². The maximum atomic E-state index is 13.0. The number of amides is 2. The fraction of sp³-hybridized carbons (Fsp3) is 0.125. The number of alkyl halides is 1. The van der Waals surface area contributed by atoms with Crippen LogP contribution in [0.3, 0.4) is 0 Å². The van der Waals surface area contributed by atoms with Gasteiger partial charge < -0.3 is 45.5 Å². The van der Waals surface area contributed by atoms with Gasteiger partial charge in [0.05, 0.1) is 16.8 Å². The maximum absolute atomic E-state index is 13.0. The number of aryl methyl sites for hydroxylation is 2. The molecule has 51 heavy (non-hydrogen) atoms. The highest BCUT2D eigenvalue weighted by atomic mass is 35.5. The number of carbonyl (C=O) groups is 2. The molecule has 0 saturated heterocycles. The number of anilines is 2. The molecule has 0 radical (unpaired) electrons. The number of nitrogens with zero attached hydrogens (tertiary/aromatic N) is 5. The van der Waals surface area contributed by atoms with E-state index >= 15 is 0 Å². The predicted molar refractivity (Wildman–Crippen MR) is 192 cm³/mol.